The Bertz CT molecular complexity index is 283. The highest BCUT2D eigenvalue weighted by Gasteiger charge is 2.25. The highest BCUT2D eigenvalue weighted by Crippen LogP contribution is 2.04. The first kappa shape index (κ1) is 10.5. The number of hydrogen-bond acceptors (Lipinski definition) is 3. The summed E-state index contributed by atoms with van der Waals surface area (Å²) in [4.78, 5) is 12.9. The summed E-state index contributed by atoms with van der Waals surface area (Å²) in [5.41, 5.74) is 0. The van der Waals surface area contributed by atoms with Crippen LogP contribution in [0.1, 0.15) is 13.8 Å². The maximum atomic E-state index is 11.4. The van der Waals surface area contributed by atoms with Gasteiger partial charge in [-0.15, -0.1) is 0 Å². The molecule has 76 valence electrons. The van der Waals surface area contributed by atoms with Crippen molar-refractivity contribution in [2.24, 2.45) is 5.92 Å². The maximum absolute atomic E-state index is 11.4. The van der Waals surface area contributed by atoms with Crippen LogP contribution in [0.4, 0.5) is 0 Å². The van der Waals surface area contributed by atoms with E-state index in [1.807, 2.05) is 0 Å². The van der Waals surface area contributed by atoms with Crippen molar-refractivity contribution in [1.82, 2.24) is 9.62 Å². The zero-order valence-corrected chi connectivity index (χ0v) is 8.60. The van der Waals surface area contributed by atoms with E-state index in [9.17, 15) is 13.2 Å². The maximum Gasteiger partial charge on any atom is 0.226 e. The quantitative estimate of drug-likeness (QED) is 0.620. The fourth-order valence-corrected chi connectivity index (χ4v) is 2.07. The minimum Gasteiger partial charge on any atom is -0.328 e. The van der Waals surface area contributed by atoms with E-state index in [0.717, 1.165) is 0 Å². The van der Waals surface area contributed by atoms with E-state index in [1.54, 1.807) is 13.8 Å². The molecule has 1 heterocycles. The van der Waals surface area contributed by atoms with Gasteiger partial charge in [-0.25, -0.2) is 8.42 Å². The van der Waals surface area contributed by atoms with Crippen molar-refractivity contribution in [2.75, 3.05) is 19.0 Å². The average molecular weight is 206 g/mol. The molecule has 1 aliphatic rings. The lowest BCUT2D eigenvalue weighted by atomic mass is 10.2. The van der Waals surface area contributed by atoms with Gasteiger partial charge in [0.1, 0.15) is 0 Å². The monoisotopic (exact) mass is 206 g/mol. The highest BCUT2D eigenvalue weighted by molar-refractivity contribution is 7.89. The van der Waals surface area contributed by atoms with Gasteiger partial charge in [0.2, 0.25) is 15.9 Å². The number of hydrogen-bond donors (Lipinski definition) is 1. The van der Waals surface area contributed by atoms with Crippen molar-refractivity contribution < 1.29 is 13.2 Å². The van der Waals surface area contributed by atoms with Crippen LogP contribution in [0.2, 0.25) is 0 Å². The first-order valence-electron chi connectivity index (χ1n) is 4.18. The van der Waals surface area contributed by atoms with Gasteiger partial charge in [-0.2, -0.15) is 4.72 Å². The second-order valence-electron chi connectivity index (χ2n) is 3.38. The Balaban J connectivity index is 2.55. The van der Waals surface area contributed by atoms with Gasteiger partial charge in [0.15, 0.2) is 0 Å². The van der Waals surface area contributed by atoms with E-state index in [4.69, 9.17) is 0 Å². The van der Waals surface area contributed by atoms with Crippen LogP contribution in [0.5, 0.6) is 0 Å². The van der Waals surface area contributed by atoms with Gasteiger partial charge in [-0.3, -0.25) is 4.79 Å². The van der Waals surface area contributed by atoms with Gasteiger partial charge in [0, 0.05) is 12.5 Å². The molecule has 13 heavy (non-hydrogen) atoms. The van der Waals surface area contributed by atoms with Gasteiger partial charge < -0.3 is 4.90 Å². The fraction of sp³-hybridized carbons (Fsp3) is 0.857. The molecule has 1 fully saturated rings. The summed E-state index contributed by atoms with van der Waals surface area (Å²) in [6.45, 7) is 4.00. The number of sulfonamides is 1. The molecule has 0 unspecified atom stereocenters. The van der Waals surface area contributed by atoms with Gasteiger partial charge in [0.25, 0.3) is 0 Å². The van der Waals surface area contributed by atoms with Crippen LogP contribution >= 0.6 is 0 Å². The molecule has 0 aliphatic carbocycles. The first-order chi connectivity index (χ1) is 5.92. The Labute approximate surface area is 78.2 Å². The lowest BCUT2D eigenvalue weighted by molar-refractivity contribution is -0.134. The molecule has 1 rings (SSSR count). The topological polar surface area (TPSA) is 66.5 Å². The summed E-state index contributed by atoms with van der Waals surface area (Å²) in [6.07, 6.45) is 0. The van der Waals surface area contributed by atoms with E-state index < -0.39 is 10.0 Å². The number of rotatable bonds is 1. The average Bonchev–Trinajstić information content (AvgIpc) is 2.03. The van der Waals surface area contributed by atoms with Gasteiger partial charge in [-0.1, -0.05) is 13.8 Å². The lowest BCUT2D eigenvalue weighted by Gasteiger charge is -2.28. The largest absolute Gasteiger partial charge is 0.328 e. The molecule has 0 atom stereocenters. The molecule has 6 heteroatoms. The predicted octanol–water partition coefficient (Wildman–Crippen LogP) is -0.638. The van der Waals surface area contributed by atoms with E-state index in [1.165, 1.54) is 4.90 Å². The lowest BCUT2D eigenvalue weighted by Crippen LogP contribution is -2.51. The molecule has 0 spiro atoms. The summed E-state index contributed by atoms with van der Waals surface area (Å²) in [7, 11) is -3.12. The summed E-state index contributed by atoms with van der Waals surface area (Å²) < 4.78 is 24.2. The van der Waals surface area contributed by atoms with Crippen molar-refractivity contribution >= 4 is 15.9 Å². The van der Waals surface area contributed by atoms with Crippen LogP contribution < -0.4 is 4.72 Å². The number of carbonyl (C=O) groups excluding carboxylic acids is 1. The third-order valence-corrected chi connectivity index (χ3v) is 3.20. The number of carbonyl (C=O) groups is 1. The van der Waals surface area contributed by atoms with E-state index >= 15 is 0 Å². The number of nitrogens with one attached hydrogen (secondary N) is 1. The van der Waals surface area contributed by atoms with Crippen molar-refractivity contribution in [1.29, 1.82) is 0 Å². The zero-order valence-electron chi connectivity index (χ0n) is 7.78. The standard InChI is InChI=1S/C7H14N2O3S/c1-6(2)7(10)9-3-4-13(11,12)8-5-9/h6,8H,3-5H2,1-2H3. The first-order valence-corrected chi connectivity index (χ1v) is 5.84. The molecule has 0 radical (unpaired) electrons. The Morgan fingerprint density at radius 3 is 2.46 bits per heavy atom. The third-order valence-electron chi connectivity index (χ3n) is 1.91. The molecule has 1 N–H and O–H groups in total. The zero-order chi connectivity index (χ0) is 10.1. The van der Waals surface area contributed by atoms with E-state index in [0.29, 0.717) is 6.54 Å². The minimum absolute atomic E-state index is 0.00542. The van der Waals surface area contributed by atoms with Crippen LogP contribution in [0.25, 0.3) is 0 Å². The molecule has 5 nitrogen and oxygen atoms in total. The smallest absolute Gasteiger partial charge is 0.226 e. The second-order valence-corrected chi connectivity index (χ2v) is 5.30. The summed E-state index contributed by atoms with van der Waals surface area (Å²) in [5, 5.41) is 0. The molecule has 0 aromatic rings. The van der Waals surface area contributed by atoms with Crippen molar-refractivity contribution in [3.8, 4) is 0 Å². The van der Waals surface area contributed by atoms with Crippen LogP contribution in [0.3, 0.4) is 0 Å². The highest BCUT2D eigenvalue weighted by atomic mass is 32.2. The van der Waals surface area contributed by atoms with Crippen LogP contribution in [0, 0.1) is 5.92 Å². The molecule has 1 saturated heterocycles. The Morgan fingerprint density at radius 2 is 2.08 bits per heavy atom. The molecular formula is C7H14N2O3S. The van der Waals surface area contributed by atoms with Crippen LogP contribution in [0.15, 0.2) is 0 Å². The number of nitrogens with zero attached hydrogens (tertiary/aromatic N) is 1. The predicted molar refractivity (Wildman–Crippen MR) is 48.3 cm³/mol. The van der Waals surface area contributed by atoms with Crippen LogP contribution in [-0.2, 0) is 14.8 Å². The SMILES string of the molecule is CC(C)C(=O)N1CCS(=O)(=O)NC1. The normalized spacial score (nSPS) is 21.9. The summed E-state index contributed by atoms with van der Waals surface area (Å²) in [5.74, 6) is -0.0872. The van der Waals surface area contributed by atoms with Gasteiger partial charge >= 0.3 is 0 Å². The van der Waals surface area contributed by atoms with Gasteiger partial charge in [0.05, 0.1) is 12.4 Å². The molecular weight excluding hydrogens is 192 g/mol. The molecule has 0 bridgehead atoms. The Kier molecular flexibility index (Phi) is 2.92. The van der Waals surface area contributed by atoms with E-state index in [2.05, 4.69) is 4.72 Å². The Morgan fingerprint density at radius 1 is 1.46 bits per heavy atom. The fourth-order valence-electron chi connectivity index (χ4n) is 1.11. The van der Waals surface area contributed by atoms with Crippen molar-refractivity contribution in [3.05, 3.63) is 0 Å². The molecule has 1 aliphatic heterocycles. The number of amides is 1. The van der Waals surface area contributed by atoms with Crippen LogP contribution in [-0.4, -0.2) is 38.2 Å². The molecule has 0 saturated carbocycles. The summed E-state index contributed by atoms with van der Waals surface area (Å²) >= 11 is 0. The van der Waals surface area contributed by atoms with Crippen molar-refractivity contribution in [3.63, 3.8) is 0 Å². The van der Waals surface area contributed by atoms with E-state index in [-0.39, 0.29) is 24.2 Å². The molecule has 0 aromatic heterocycles. The van der Waals surface area contributed by atoms with Gasteiger partial charge in [-0.05, 0) is 0 Å². The summed E-state index contributed by atoms with van der Waals surface area (Å²) in [6, 6.07) is 0. The molecule has 0 aromatic carbocycles. The second kappa shape index (κ2) is 3.63. The Hall–Kier alpha value is -0.620. The van der Waals surface area contributed by atoms with Crippen molar-refractivity contribution in [2.45, 2.75) is 13.8 Å². The minimum atomic E-state index is -3.12. The third kappa shape index (κ3) is 2.67. The molecule has 1 amide bonds.